The van der Waals surface area contributed by atoms with E-state index in [1.165, 1.54) is 11.3 Å². The Morgan fingerprint density at radius 1 is 1.22 bits per heavy atom. The van der Waals surface area contributed by atoms with Gasteiger partial charge >= 0.3 is 0 Å². The Labute approximate surface area is 111 Å². The Morgan fingerprint density at radius 2 is 1.94 bits per heavy atom. The summed E-state index contributed by atoms with van der Waals surface area (Å²) in [5.41, 5.74) is 1.73. The van der Waals surface area contributed by atoms with Crippen molar-refractivity contribution >= 4 is 21.2 Å². The summed E-state index contributed by atoms with van der Waals surface area (Å²) in [5.74, 6) is -0.0274. The molecule has 4 nitrogen and oxygen atoms in total. The van der Waals surface area contributed by atoms with Crippen LogP contribution in [0.3, 0.4) is 0 Å². The number of aromatic nitrogens is 2. The van der Waals surface area contributed by atoms with Crippen LogP contribution in [0.25, 0.3) is 0 Å². The average molecular weight is 282 g/mol. The Balaban J connectivity index is 2.33. The van der Waals surface area contributed by atoms with Gasteiger partial charge in [-0.25, -0.2) is 18.4 Å². The van der Waals surface area contributed by atoms with Gasteiger partial charge in [-0.2, -0.15) is 0 Å². The summed E-state index contributed by atoms with van der Waals surface area (Å²) < 4.78 is 24.4. The van der Waals surface area contributed by atoms with Gasteiger partial charge in [0.1, 0.15) is 0 Å². The van der Waals surface area contributed by atoms with Crippen molar-refractivity contribution in [2.75, 3.05) is 0 Å². The first kappa shape index (κ1) is 13.2. The maximum atomic E-state index is 12.2. The van der Waals surface area contributed by atoms with Crippen molar-refractivity contribution in [1.29, 1.82) is 0 Å². The highest BCUT2D eigenvalue weighted by Crippen LogP contribution is 2.22. The average Bonchev–Trinajstić information content (AvgIpc) is 2.57. The molecule has 96 valence electrons. The van der Waals surface area contributed by atoms with Gasteiger partial charge < -0.3 is 0 Å². The van der Waals surface area contributed by atoms with Crippen LogP contribution in [-0.2, 0) is 15.6 Å². The molecule has 0 aliphatic carbocycles. The second kappa shape index (κ2) is 4.78. The van der Waals surface area contributed by atoms with Crippen LogP contribution in [0.5, 0.6) is 0 Å². The number of sulfone groups is 1. The van der Waals surface area contributed by atoms with Crippen molar-refractivity contribution in [3.05, 3.63) is 39.5 Å². The molecule has 0 N–H and O–H groups in total. The molecule has 18 heavy (non-hydrogen) atoms. The van der Waals surface area contributed by atoms with Crippen LogP contribution in [0.15, 0.2) is 23.4 Å². The summed E-state index contributed by atoms with van der Waals surface area (Å²) in [7, 11) is -3.38. The monoisotopic (exact) mass is 282 g/mol. The lowest BCUT2D eigenvalue weighted by Crippen LogP contribution is -2.06. The van der Waals surface area contributed by atoms with E-state index in [1.54, 1.807) is 18.3 Å². The van der Waals surface area contributed by atoms with E-state index in [0.29, 0.717) is 0 Å². The summed E-state index contributed by atoms with van der Waals surface area (Å²) in [6, 6.07) is 3.30. The highest BCUT2D eigenvalue weighted by Gasteiger charge is 2.19. The molecule has 0 aromatic carbocycles. The van der Waals surface area contributed by atoms with Crippen molar-refractivity contribution in [2.45, 2.75) is 31.6 Å². The highest BCUT2D eigenvalue weighted by molar-refractivity contribution is 7.90. The SMILES string of the molecule is Cc1ccc(S(=O)(=O)Cc2sc(C)nc2C)nc1. The van der Waals surface area contributed by atoms with Crippen molar-refractivity contribution in [2.24, 2.45) is 0 Å². The lowest BCUT2D eigenvalue weighted by Gasteiger charge is -2.02. The minimum atomic E-state index is -3.38. The Morgan fingerprint density at radius 3 is 2.44 bits per heavy atom. The number of aryl methyl sites for hydroxylation is 3. The van der Waals surface area contributed by atoms with E-state index < -0.39 is 9.84 Å². The molecular formula is C12H14N2O2S2. The number of rotatable bonds is 3. The van der Waals surface area contributed by atoms with Gasteiger partial charge in [0.25, 0.3) is 0 Å². The lowest BCUT2D eigenvalue weighted by molar-refractivity contribution is 0.591. The van der Waals surface area contributed by atoms with Gasteiger partial charge in [0.05, 0.1) is 16.5 Å². The van der Waals surface area contributed by atoms with E-state index in [-0.39, 0.29) is 10.8 Å². The van der Waals surface area contributed by atoms with Crippen LogP contribution >= 0.6 is 11.3 Å². The minimum Gasteiger partial charge on any atom is -0.247 e. The molecule has 0 atom stereocenters. The van der Waals surface area contributed by atoms with Crippen LogP contribution < -0.4 is 0 Å². The molecule has 0 saturated heterocycles. The van der Waals surface area contributed by atoms with Gasteiger partial charge in [0.2, 0.25) is 9.84 Å². The number of pyridine rings is 1. The topological polar surface area (TPSA) is 59.9 Å². The molecule has 2 rings (SSSR count). The summed E-state index contributed by atoms with van der Waals surface area (Å²) in [4.78, 5) is 9.00. The van der Waals surface area contributed by atoms with Crippen LogP contribution in [0.4, 0.5) is 0 Å². The number of hydrogen-bond acceptors (Lipinski definition) is 5. The largest absolute Gasteiger partial charge is 0.247 e. The first-order valence-electron chi connectivity index (χ1n) is 5.47. The third-order valence-corrected chi connectivity index (χ3v) is 5.33. The van der Waals surface area contributed by atoms with E-state index in [2.05, 4.69) is 9.97 Å². The lowest BCUT2D eigenvalue weighted by atomic mass is 10.3. The van der Waals surface area contributed by atoms with E-state index >= 15 is 0 Å². The molecule has 0 fully saturated rings. The van der Waals surface area contributed by atoms with E-state index in [1.807, 2.05) is 20.8 Å². The molecule has 0 aliphatic rings. The fourth-order valence-electron chi connectivity index (χ4n) is 1.59. The zero-order chi connectivity index (χ0) is 13.3. The summed E-state index contributed by atoms with van der Waals surface area (Å²) in [6.45, 7) is 5.58. The smallest absolute Gasteiger partial charge is 0.200 e. The molecule has 0 unspecified atom stereocenters. The molecule has 2 aromatic rings. The molecule has 0 saturated carbocycles. The zero-order valence-corrected chi connectivity index (χ0v) is 12.1. The van der Waals surface area contributed by atoms with Crippen molar-refractivity contribution < 1.29 is 8.42 Å². The van der Waals surface area contributed by atoms with Gasteiger partial charge in [0.15, 0.2) is 5.03 Å². The molecule has 2 heterocycles. The second-order valence-electron chi connectivity index (χ2n) is 4.17. The normalized spacial score (nSPS) is 11.7. The Kier molecular flexibility index (Phi) is 3.49. The summed E-state index contributed by atoms with van der Waals surface area (Å²) in [5, 5.41) is 1.01. The fourth-order valence-corrected chi connectivity index (χ4v) is 4.22. The predicted molar refractivity (Wildman–Crippen MR) is 71.5 cm³/mol. The molecule has 2 aromatic heterocycles. The molecule has 0 spiro atoms. The number of hydrogen-bond donors (Lipinski definition) is 0. The molecule has 0 bridgehead atoms. The van der Waals surface area contributed by atoms with Crippen LogP contribution in [-0.4, -0.2) is 18.4 Å². The van der Waals surface area contributed by atoms with Gasteiger partial charge in [-0.3, -0.25) is 0 Å². The first-order valence-corrected chi connectivity index (χ1v) is 7.94. The highest BCUT2D eigenvalue weighted by atomic mass is 32.2. The van der Waals surface area contributed by atoms with Gasteiger partial charge in [-0.1, -0.05) is 6.07 Å². The Bertz CT molecular complexity index is 658. The van der Waals surface area contributed by atoms with E-state index in [4.69, 9.17) is 0 Å². The summed E-state index contributed by atoms with van der Waals surface area (Å²) in [6.07, 6.45) is 1.57. The zero-order valence-electron chi connectivity index (χ0n) is 10.5. The first-order chi connectivity index (χ1) is 8.38. The Hall–Kier alpha value is -1.27. The second-order valence-corrected chi connectivity index (χ2v) is 7.40. The van der Waals surface area contributed by atoms with Crippen LogP contribution in [0.1, 0.15) is 21.1 Å². The molecule has 0 radical (unpaired) electrons. The molecule has 6 heteroatoms. The third kappa shape index (κ3) is 2.76. The summed E-state index contributed by atoms with van der Waals surface area (Å²) >= 11 is 1.42. The predicted octanol–water partition coefficient (Wildman–Crippen LogP) is 2.44. The van der Waals surface area contributed by atoms with Crippen LogP contribution in [0.2, 0.25) is 0 Å². The van der Waals surface area contributed by atoms with E-state index in [9.17, 15) is 8.42 Å². The minimum absolute atomic E-state index is 0.0274. The maximum Gasteiger partial charge on any atom is 0.200 e. The van der Waals surface area contributed by atoms with Crippen molar-refractivity contribution in [3.63, 3.8) is 0 Å². The van der Waals surface area contributed by atoms with Crippen molar-refractivity contribution in [3.8, 4) is 0 Å². The van der Waals surface area contributed by atoms with Crippen molar-refractivity contribution in [1.82, 2.24) is 9.97 Å². The maximum absolute atomic E-state index is 12.2. The molecule has 0 amide bonds. The van der Waals surface area contributed by atoms with Gasteiger partial charge in [-0.15, -0.1) is 11.3 Å². The molecule has 0 aliphatic heterocycles. The quantitative estimate of drug-likeness (QED) is 0.867. The number of thiazole rings is 1. The third-order valence-electron chi connectivity index (χ3n) is 2.52. The van der Waals surface area contributed by atoms with E-state index in [0.717, 1.165) is 21.1 Å². The molecular weight excluding hydrogens is 268 g/mol. The standard InChI is InChI=1S/C12H14N2O2S2/c1-8-4-5-12(13-6-8)18(15,16)7-11-9(2)14-10(3)17-11/h4-6H,7H2,1-3H3. The fraction of sp³-hybridized carbons (Fsp3) is 0.333. The van der Waals surface area contributed by atoms with Gasteiger partial charge in [0, 0.05) is 11.1 Å². The van der Waals surface area contributed by atoms with Crippen LogP contribution in [0, 0.1) is 20.8 Å². The number of nitrogens with zero attached hydrogens (tertiary/aromatic N) is 2. The van der Waals surface area contributed by atoms with Gasteiger partial charge in [-0.05, 0) is 32.4 Å².